The van der Waals surface area contributed by atoms with Crippen molar-refractivity contribution in [3.8, 4) is 0 Å². The molecule has 2 aromatic heterocycles. The lowest BCUT2D eigenvalue weighted by Gasteiger charge is -2.13. The molecule has 0 fully saturated rings. The van der Waals surface area contributed by atoms with Crippen molar-refractivity contribution in [3.63, 3.8) is 0 Å². The van der Waals surface area contributed by atoms with Gasteiger partial charge in [-0.2, -0.15) is 0 Å². The van der Waals surface area contributed by atoms with Gasteiger partial charge in [-0.1, -0.05) is 12.1 Å². The fourth-order valence-corrected chi connectivity index (χ4v) is 3.58. The zero-order valence-corrected chi connectivity index (χ0v) is 12.8. The highest BCUT2D eigenvalue weighted by atomic mass is 32.1. The minimum Gasteiger partial charge on any atom is -0.361 e. The smallest absolute Gasteiger partial charge is 0.0457 e. The molecule has 2 N–H and O–H groups in total. The Labute approximate surface area is 123 Å². The van der Waals surface area contributed by atoms with E-state index in [1.807, 2.05) is 17.5 Å². The summed E-state index contributed by atoms with van der Waals surface area (Å²) >= 11 is 1.90. The first-order valence-electron chi connectivity index (χ1n) is 7.06. The van der Waals surface area contributed by atoms with E-state index in [2.05, 4.69) is 60.5 Å². The van der Waals surface area contributed by atoms with Gasteiger partial charge >= 0.3 is 0 Å². The van der Waals surface area contributed by atoms with Crippen molar-refractivity contribution in [1.82, 2.24) is 10.3 Å². The summed E-state index contributed by atoms with van der Waals surface area (Å²) in [7, 11) is 0. The molecule has 0 saturated heterocycles. The van der Waals surface area contributed by atoms with Crippen LogP contribution in [0.3, 0.4) is 0 Å². The van der Waals surface area contributed by atoms with Crippen molar-refractivity contribution in [2.24, 2.45) is 0 Å². The molecule has 104 valence electrons. The minimum atomic E-state index is 0.488. The SMILES string of the molecule is Cc1ccc(CC(C)NCc2cccc3[nH]ccc23)s1. The predicted octanol–water partition coefficient (Wildman–Crippen LogP) is 4.26. The van der Waals surface area contributed by atoms with Gasteiger partial charge in [0.25, 0.3) is 0 Å². The Morgan fingerprint density at radius 1 is 1.20 bits per heavy atom. The number of aromatic amines is 1. The highest BCUT2D eigenvalue weighted by Crippen LogP contribution is 2.19. The van der Waals surface area contributed by atoms with Crippen molar-refractivity contribution >= 4 is 22.2 Å². The largest absolute Gasteiger partial charge is 0.361 e. The van der Waals surface area contributed by atoms with E-state index in [9.17, 15) is 0 Å². The van der Waals surface area contributed by atoms with Crippen LogP contribution >= 0.6 is 11.3 Å². The summed E-state index contributed by atoms with van der Waals surface area (Å²) in [6.45, 7) is 5.34. The normalized spacial score (nSPS) is 12.9. The van der Waals surface area contributed by atoms with E-state index in [1.54, 1.807) is 0 Å². The van der Waals surface area contributed by atoms with Crippen molar-refractivity contribution in [2.45, 2.75) is 32.9 Å². The van der Waals surface area contributed by atoms with E-state index in [-0.39, 0.29) is 0 Å². The maximum absolute atomic E-state index is 3.63. The molecule has 2 nitrogen and oxygen atoms in total. The Morgan fingerprint density at radius 2 is 2.10 bits per heavy atom. The van der Waals surface area contributed by atoms with Crippen molar-refractivity contribution in [3.05, 3.63) is 57.9 Å². The third kappa shape index (κ3) is 2.94. The number of hydrogen-bond acceptors (Lipinski definition) is 2. The number of benzene rings is 1. The highest BCUT2D eigenvalue weighted by Gasteiger charge is 2.07. The lowest BCUT2D eigenvalue weighted by Crippen LogP contribution is -2.27. The van der Waals surface area contributed by atoms with E-state index in [0.717, 1.165) is 13.0 Å². The Hall–Kier alpha value is -1.58. The van der Waals surface area contributed by atoms with Crippen LogP contribution in [-0.4, -0.2) is 11.0 Å². The van der Waals surface area contributed by atoms with Crippen LogP contribution in [0.15, 0.2) is 42.6 Å². The molecule has 1 aromatic carbocycles. The summed E-state index contributed by atoms with van der Waals surface area (Å²) < 4.78 is 0. The number of fused-ring (bicyclic) bond motifs is 1. The third-order valence-electron chi connectivity index (χ3n) is 3.63. The summed E-state index contributed by atoms with van der Waals surface area (Å²) in [5, 5.41) is 4.95. The van der Waals surface area contributed by atoms with Gasteiger partial charge in [0, 0.05) is 39.4 Å². The van der Waals surface area contributed by atoms with Gasteiger partial charge in [0.1, 0.15) is 0 Å². The van der Waals surface area contributed by atoms with E-state index < -0.39 is 0 Å². The first kappa shape index (κ1) is 13.4. The fourth-order valence-electron chi connectivity index (χ4n) is 2.56. The van der Waals surface area contributed by atoms with Crippen LogP contribution in [0.2, 0.25) is 0 Å². The number of H-pyrrole nitrogens is 1. The molecule has 0 spiro atoms. The number of aromatic nitrogens is 1. The molecule has 0 bridgehead atoms. The van der Waals surface area contributed by atoms with Gasteiger partial charge in [-0.3, -0.25) is 0 Å². The molecule has 1 unspecified atom stereocenters. The summed E-state index contributed by atoms with van der Waals surface area (Å²) in [4.78, 5) is 6.12. The molecule has 0 amide bonds. The molecule has 0 saturated carbocycles. The van der Waals surface area contributed by atoms with E-state index in [4.69, 9.17) is 0 Å². The van der Waals surface area contributed by atoms with Crippen LogP contribution in [0.25, 0.3) is 10.9 Å². The molecule has 0 aliphatic carbocycles. The highest BCUT2D eigenvalue weighted by molar-refractivity contribution is 7.11. The topological polar surface area (TPSA) is 27.8 Å². The molecule has 20 heavy (non-hydrogen) atoms. The van der Waals surface area contributed by atoms with Gasteiger partial charge in [0.2, 0.25) is 0 Å². The van der Waals surface area contributed by atoms with Crippen molar-refractivity contribution in [2.75, 3.05) is 0 Å². The van der Waals surface area contributed by atoms with Crippen LogP contribution in [-0.2, 0) is 13.0 Å². The molecule has 0 radical (unpaired) electrons. The second kappa shape index (κ2) is 5.81. The van der Waals surface area contributed by atoms with Gasteiger partial charge in [0.05, 0.1) is 0 Å². The zero-order chi connectivity index (χ0) is 13.9. The first-order chi connectivity index (χ1) is 9.72. The maximum Gasteiger partial charge on any atom is 0.0457 e. The fraction of sp³-hybridized carbons (Fsp3) is 0.294. The van der Waals surface area contributed by atoms with Gasteiger partial charge in [0.15, 0.2) is 0 Å². The van der Waals surface area contributed by atoms with Gasteiger partial charge in [-0.05, 0) is 50.1 Å². The van der Waals surface area contributed by atoms with E-state index >= 15 is 0 Å². The Bertz CT molecular complexity index is 696. The zero-order valence-electron chi connectivity index (χ0n) is 11.9. The molecule has 0 aliphatic heterocycles. The molecule has 2 heterocycles. The predicted molar refractivity (Wildman–Crippen MR) is 87.4 cm³/mol. The lowest BCUT2D eigenvalue weighted by atomic mass is 10.1. The van der Waals surface area contributed by atoms with E-state index in [1.165, 1.54) is 26.2 Å². The Morgan fingerprint density at radius 3 is 2.90 bits per heavy atom. The molecule has 3 aromatic rings. The second-order valence-electron chi connectivity index (χ2n) is 5.35. The minimum absolute atomic E-state index is 0.488. The van der Waals surface area contributed by atoms with Crippen molar-refractivity contribution < 1.29 is 0 Å². The monoisotopic (exact) mass is 284 g/mol. The maximum atomic E-state index is 3.63. The quantitative estimate of drug-likeness (QED) is 0.720. The standard InChI is InChI=1S/C17H20N2S/c1-12(10-15-7-6-13(2)20-15)19-11-14-4-3-5-17-16(14)8-9-18-17/h3-9,12,18-19H,10-11H2,1-2H3. The van der Waals surface area contributed by atoms with Crippen molar-refractivity contribution in [1.29, 1.82) is 0 Å². The Balaban J connectivity index is 1.62. The number of hydrogen-bond donors (Lipinski definition) is 2. The van der Waals surface area contributed by atoms with Crippen LogP contribution in [0.1, 0.15) is 22.2 Å². The lowest BCUT2D eigenvalue weighted by molar-refractivity contribution is 0.550. The summed E-state index contributed by atoms with van der Waals surface area (Å²) in [6, 6.07) is 13.5. The second-order valence-corrected chi connectivity index (χ2v) is 6.73. The van der Waals surface area contributed by atoms with Crippen LogP contribution < -0.4 is 5.32 Å². The molecule has 3 rings (SSSR count). The molecule has 1 atom stereocenters. The summed E-state index contributed by atoms with van der Waals surface area (Å²) in [6.07, 6.45) is 3.10. The average molecular weight is 284 g/mol. The number of aryl methyl sites for hydroxylation is 1. The van der Waals surface area contributed by atoms with E-state index in [0.29, 0.717) is 6.04 Å². The van der Waals surface area contributed by atoms with Crippen LogP contribution in [0.4, 0.5) is 0 Å². The van der Waals surface area contributed by atoms with Gasteiger partial charge < -0.3 is 10.3 Å². The average Bonchev–Trinajstić information content (AvgIpc) is 3.05. The third-order valence-corrected chi connectivity index (χ3v) is 4.65. The molecular formula is C17H20N2S. The molecule has 0 aliphatic rings. The number of rotatable bonds is 5. The Kier molecular flexibility index (Phi) is 3.90. The molecule has 3 heteroatoms. The van der Waals surface area contributed by atoms with Gasteiger partial charge in [-0.15, -0.1) is 11.3 Å². The first-order valence-corrected chi connectivity index (χ1v) is 7.88. The van der Waals surface area contributed by atoms with Crippen LogP contribution in [0.5, 0.6) is 0 Å². The molecular weight excluding hydrogens is 264 g/mol. The summed E-state index contributed by atoms with van der Waals surface area (Å²) in [5.41, 5.74) is 2.57. The number of nitrogens with one attached hydrogen (secondary N) is 2. The summed E-state index contributed by atoms with van der Waals surface area (Å²) in [5.74, 6) is 0. The number of thiophene rings is 1. The van der Waals surface area contributed by atoms with Crippen LogP contribution in [0, 0.1) is 6.92 Å². The van der Waals surface area contributed by atoms with Gasteiger partial charge in [-0.25, -0.2) is 0 Å².